The van der Waals surface area contributed by atoms with Crippen molar-refractivity contribution in [1.82, 2.24) is 15.5 Å². The molecule has 28 heavy (non-hydrogen) atoms. The van der Waals surface area contributed by atoms with Gasteiger partial charge in [0.2, 0.25) is 11.8 Å². The number of imide groups is 1. The third-order valence-corrected chi connectivity index (χ3v) is 4.14. The second-order valence-electron chi connectivity index (χ2n) is 6.26. The van der Waals surface area contributed by atoms with E-state index in [0.29, 0.717) is 31.3 Å². The van der Waals surface area contributed by atoms with Crippen LogP contribution in [0.25, 0.3) is 0 Å². The second-order valence-corrected chi connectivity index (χ2v) is 6.26. The average Bonchev–Trinajstić information content (AvgIpc) is 2.66. The molecule has 0 saturated carbocycles. The summed E-state index contributed by atoms with van der Waals surface area (Å²) in [5, 5.41) is 5.02. The molecule has 0 unspecified atom stereocenters. The minimum atomic E-state index is -0.791. The molecule has 2 rings (SSSR count). The maximum absolute atomic E-state index is 12.4. The van der Waals surface area contributed by atoms with Gasteiger partial charge in [0.1, 0.15) is 13.2 Å². The summed E-state index contributed by atoms with van der Waals surface area (Å²) in [5.41, 5.74) is 0.890. The molecule has 154 valence electrons. The van der Waals surface area contributed by atoms with Crippen molar-refractivity contribution in [1.29, 1.82) is 0 Å². The lowest BCUT2D eigenvalue weighted by Gasteiger charge is -2.23. The largest absolute Gasteiger partial charge is 0.486 e. The molecule has 0 aromatic heterocycles. The van der Waals surface area contributed by atoms with Crippen LogP contribution < -0.4 is 20.1 Å². The molecule has 0 aliphatic carbocycles. The Labute approximate surface area is 164 Å². The van der Waals surface area contributed by atoms with Crippen LogP contribution >= 0.6 is 0 Å². The Morgan fingerprint density at radius 1 is 1.11 bits per heavy atom. The van der Waals surface area contributed by atoms with E-state index in [-0.39, 0.29) is 31.6 Å². The molecule has 1 aromatic rings. The van der Waals surface area contributed by atoms with Gasteiger partial charge in [-0.15, -0.1) is 0 Å². The van der Waals surface area contributed by atoms with Crippen molar-refractivity contribution < 1.29 is 28.6 Å². The zero-order chi connectivity index (χ0) is 20.5. The zero-order valence-electron chi connectivity index (χ0n) is 16.4. The third-order valence-electron chi connectivity index (χ3n) is 4.14. The molecule has 1 heterocycles. The van der Waals surface area contributed by atoms with Gasteiger partial charge < -0.3 is 19.5 Å². The topological polar surface area (TPSA) is 106 Å². The summed E-state index contributed by atoms with van der Waals surface area (Å²) in [6.45, 7) is 6.96. The van der Waals surface area contributed by atoms with Crippen molar-refractivity contribution >= 4 is 17.9 Å². The molecule has 0 spiro atoms. The Morgan fingerprint density at radius 2 is 1.79 bits per heavy atom. The van der Waals surface area contributed by atoms with Gasteiger partial charge in [-0.25, -0.2) is 4.79 Å². The minimum absolute atomic E-state index is 0.0294. The molecule has 9 heteroatoms. The van der Waals surface area contributed by atoms with Crippen LogP contribution in [0.4, 0.5) is 4.79 Å². The predicted molar refractivity (Wildman–Crippen MR) is 101 cm³/mol. The fourth-order valence-electron chi connectivity index (χ4n) is 2.71. The lowest BCUT2D eigenvalue weighted by molar-refractivity contribution is -0.125. The lowest BCUT2D eigenvalue weighted by Crippen LogP contribution is -2.44. The third kappa shape index (κ3) is 6.41. The van der Waals surface area contributed by atoms with Gasteiger partial charge in [-0.2, -0.15) is 0 Å². The van der Waals surface area contributed by atoms with Crippen LogP contribution in [-0.4, -0.2) is 62.3 Å². The van der Waals surface area contributed by atoms with Crippen molar-refractivity contribution in [3.63, 3.8) is 0 Å². The van der Waals surface area contributed by atoms with E-state index in [4.69, 9.17) is 9.47 Å². The monoisotopic (exact) mass is 393 g/mol. The Hall–Kier alpha value is -2.81. The van der Waals surface area contributed by atoms with Gasteiger partial charge in [0.05, 0.1) is 25.7 Å². The van der Waals surface area contributed by atoms with Crippen LogP contribution in [0.3, 0.4) is 0 Å². The van der Waals surface area contributed by atoms with Crippen molar-refractivity contribution in [3.8, 4) is 11.5 Å². The molecule has 0 fully saturated rings. The van der Waals surface area contributed by atoms with E-state index in [9.17, 15) is 14.4 Å². The SMILES string of the molecule is CCOC(=O)NC(=O)CN(CC)CC(=O)N[C@@H](C)c1ccc2c(c1)OCCO2. The maximum Gasteiger partial charge on any atom is 0.413 e. The van der Waals surface area contributed by atoms with E-state index in [1.165, 1.54) is 0 Å². The smallest absolute Gasteiger partial charge is 0.413 e. The Morgan fingerprint density at radius 3 is 2.46 bits per heavy atom. The molecular weight excluding hydrogens is 366 g/mol. The molecule has 1 aromatic carbocycles. The maximum atomic E-state index is 12.4. The van der Waals surface area contributed by atoms with Crippen LogP contribution in [0, 0.1) is 0 Å². The number of hydrogen-bond donors (Lipinski definition) is 2. The molecule has 0 radical (unpaired) electrons. The van der Waals surface area contributed by atoms with Crippen molar-refractivity contribution in [2.75, 3.05) is 39.5 Å². The second kappa shape index (κ2) is 10.5. The van der Waals surface area contributed by atoms with Gasteiger partial charge in [0.15, 0.2) is 11.5 Å². The molecule has 2 N–H and O–H groups in total. The first-order chi connectivity index (χ1) is 13.4. The Balaban J connectivity index is 1.85. The van der Waals surface area contributed by atoms with E-state index >= 15 is 0 Å². The number of carbonyl (C=O) groups excluding carboxylic acids is 3. The summed E-state index contributed by atoms with van der Waals surface area (Å²) in [6.07, 6.45) is -0.791. The van der Waals surface area contributed by atoms with Gasteiger partial charge in [-0.05, 0) is 38.1 Å². The van der Waals surface area contributed by atoms with Gasteiger partial charge in [-0.3, -0.25) is 19.8 Å². The molecule has 1 atom stereocenters. The summed E-state index contributed by atoms with van der Waals surface area (Å²) in [4.78, 5) is 37.1. The Bertz CT molecular complexity index is 709. The Kier molecular flexibility index (Phi) is 8.06. The van der Waals surface area contributed by atoms with E-state index in [1.807, 2.05) is 32.0 Å². The van der Waals surface area contributed by atoms with E-state index in [1.54, 1.807) is 11.8 Å². The lowest BCUT2D eigenvalue weighted by atomic mass is 10.1. The highest BCUT2D eigenvalue weighted by molar-refractivity contribution is 5.93. The molecule has 0 bridgehead atoms. The number of carbonyl (C=O) groups is 3. The van der Waals surface area contributed by atoms with Crippen LogP contribution in [0.15, 0.2) is 18.2 Å². The number of ether oxygens (including phenoxy) is 3. The molecule has 1 aliphatic heterocycles. The van der Waals surface area contributed by atoms with E-state index in [0.717, 1.165) is 5.56 Å². The normalized spacial score (nSPS) is 13.6. The van der Waals surface area contributed by atoms with Crippen molar-refractivity contribution in [3.05, 3.63) is 23.8 Å². The van der Waals surface area contributed by atoms with Gasteiger partial charge in [0.25, 0.3) is 0 Å². The van der Waals surface area contributed by atoms with E-state index < -0.39 is 12.0 Å². The highest BCUT2D eigenvalue weighted by Gasteiger charge is 2.18. The van der Waals surface area contributed by atoms with Crippen molar-refractivity contribution in [2.45, 2.75) is 26.8 Å². The first kappa shape index (κ1) is 21.5. The van der Waals surface area contributed by atoms with Gasteiger partial charge in [-0.1, -0.05) is 13.0 Å². The van der Waals surface area contributed by atoms with Crippen LogP contribution in [0.1, 0.15) is 32.4 Å². The summed E-state index contributed by atoms with van der Waals surface area (Å²) < 4.78 is 15.7. The highest BCUT2D eigenvalue weighted by Crippen LogP contribution is 2.32. The zero-order valence-corrected chi connectivity index (χ0v) is 16.4. The first-order valence-electron chi connectivity index (χ1n) is 9.30. The minimum Gasteiger partial charge on any atom is -0.486 e. The molecule has 3 amide bonds. The number of likely N-dealkylation sites (N-methyl/N-ethyl adjacent to an activating group) is 1. The molecular formula is C19H27N3O6. The number of rotatable bonds is 8. The first-order valence-corrected chi connectivity index (χ1v) is 9.30. The summed E-state index contributed by atoms with van der Waals surface area (Å²) in [6, 6.07) is 5.31. The molecule has 9 nitrogen and oxygen atoms in total. The van der Waals surface area contributed by atoms with Crippen LogP contribution in [0.5, 0.6) is 11.5 Å². The standard InChI is InChI=1S/C19H27N3O6/c1-4-22(12-18(24)21-19(25)26-5-2)11-17(23)20-13(3)14-6-7-15-16(10-14)28-9-8-27-15/h6-7,10,13H,4-5,8-9,11-12H2,1-3H3,(H,20,23)(H,21,24,25)/t13-/m0/s1. The average molecular weight is 393 g/mol. The number of benzene rings is 1. The predicted octanol–water partition coefficient (Wildman–Crippen LogP) is 1.23. The van der Waals surface area contributed by atoms with Crippen molar-refractivity contribution in [2.24, 2.45) is 0 Å². The number of fused-ring (bicyclic) bond motifs is 1. The summed E-state index contributed by atoms with van der Waals surface area (Å²) >= 11 is 0. The summed E-state index contributed by atoms with van der Waals surface area (Å²) in [5.74, 6) is 0.607. The highest BCUT2D eigenvalue weighted by atomic mass is 16.6. The van der Waals surface area contributed by atoms with Crippen LogP contribution in [-0.2, 0) is 14.3 Å². The fraction of sp³-hybridized carbons (Fsp3) is 0.526. The van der Waals surface area contributed by atoms with Gasteiger partial charge in [0, 0.05) is 0 Å². The number of alkyl carbamates (subject to hydrolysis) is 1. The number of hydrogen-bond acceptors (Lipinski definition) is 7. The van der Waals surface area contributed by atoms with Crippen LogP contribution in [0.2, 0.25) is 0 Å². The quantitative estimate of drug-likeness (QED) is 0.684. The molecule has 1 aliphatic rings. The fourth-order valence-corrected chi connectivity index (χ4v) is 2.71. The number of nitrogens with zero attached hydrogens (tertiary/aromatic N) is 1. The van der Waals surface area contributed by atoms with Gasteiger partial charge >= 0.3 is 6.09 Å². The number of nitrogens with one attached hydrogen (secondary N) is 2. The van der Waals surface area contributed by atoms with E-state index in [2.05, 4.69) is 15.4 Å². The number of amides is 3. The molecule has 0 saturated heterocycles. The summed E-state index contributed by atoms with van der Waals surface area (Å²) in [7, 11) is 0.